The van der Waals surface area contributed by atoms with Gasteiger partial charge in [0.2, 0.25) is 0 Å². The average molecular weight is 188 g/mol. The standard InChI is InChI=1S/C10H20O3/c1-3-4-9-7(2)5-8(12)10(6-11)13-9/h7-12H,3-6H2,1-2H3/t7-,8+,9+,10-/m1/s1. The van der Waals surface area contributed by atoms with E-state index in [1.165, 1.54) is 0 Å². The number of aliphatic hydroxyl groups excluding tert-OH is 2. The van der Waals surface area contributed by atoms with Crippen molar-refractivity contribution in [1.82, 2.24) is 0 Å². The molecule has 1 rings (SSSR count). The molecule has 1 heterocycles. The Bertz CT molecular complexity index is 149. The van der Waals surface area contributed by atoms with Gasteiger partial charge in [-0.05, 0) is 18.8 Å². The van der Waals surface area contributed by atoms with Crippen molar-refractivity contribution in [1.29, 1.82) is 0 Å². The van der Waals surface area contributed by atoms with Gasteiger partial charge in [0.1, 0.15) is 6.10 Å². The Labute approximate surface area is 79.7 Å². The van der Waals surface area contributed by atoms with Gasteiger partial charge in [-0.2, -0.15) is 0 Å². The molecule has 0 unspecified atom stereocenters. The molecule has 0 aromatic heterocycles. The molecular weight excluding hydrogens is 168 g/mol. The van der Waals surface area contributed by atoms with Crippen LogP contribution in [0.1, 0.15) is 33.1 Å². The minimum atomic E-state index is -0.492. The fraction of sp³-hybridized carbons (Fsp3) is 1.00. The van der Waals surface area contributed by atoms with Crippen LogP contribution in [0.5, 0.6) is 0 Å². The molecule has 13 heavy (non-hydrogen) atoms. The van der Waals surface area contributed by atoms with E-state index in [2.05, 4.69) is 13.8 Å². The maximum atomic E-state index is 9.54. The largest absolute Gasteiger partial charge is 0.394 e. The van der Waals surface area contributed by atoms with Gasteiger partial charge < -0.3 is 14.9 Å². The summed E-state index contributed by atoms with van der Waals surface area (Å²) in [4.78, 5) is 0. The van der Waals surface area contributed by atoms with Crippen LogP contribution in [0.25, 0.3) is 0 Å². The third kappa shape index (κ3) is 2.66. The summed E-state index contributed by atoms with van der Waals surface area (Å²) in [6.45, 7) is 4.14. The molecule has 78 valence electrons. The van der Waals surface area contributed by atoms with Gasteiger partial charge in [-0.1, -0.05) is 20.3 Å². The first kappa shape index (κ1) is 11.0. The van der Waals surface area contributed by atoms with Crippen molar-refractivity contribution in [2.75, 3.05) is 6.61 Å². The first-order valence-corrected chi connectivity index (χ1v) is 5.13. The Balaban J connectivity index is 2.48. The molecule has 3 nitrogen and oxygen atoms in total. The predicted molar refractivity (Wildman–Crippen MR) is 50.4 cm³/mol. The molecule has 0 radical (unpaired) electrons. The molecule has 2 N–H and O–H groups in total. The van der Waals surface area contributed by atoms with Crippen molar-refractivity contribution in [3.8, 4) is 0 Å². The van der Waals surface area contributed by atoms with E-state index in [9.17, 15) is 5.11 Å². The molecule has 0 aliphatic carbocycles. The van der Waals surface area contributed by atoms with E-state index in [-0.39, 0.29) is 18.8 Å². The Morgan fingerprint density at radius 3 is 2.62 bits per heavy atom. The minimum absolute atomic E-state index is 0.0753. The Morgan fingerprint density at radius 1 is 1.38 bits per heavy atom. The summed E-state index contributed by atoms with van der Waals surface area (Å²) < 4.78 is 5.60. The monoisotopic (exact) mass is 188 g/mol. The summed E-state index contributed by atoms with van der Waals surface area (Å²) in [6.07, 6.45) is 2.20. The van der Waals surface area contributed by atoms with Gasteiger partial charge >= 0.3 is 0 Å². The normalized spacial score (nSPS) is 40.6. The highest BCUT2D eigenvalue weighted by Crippen LogP contribution is 2.27. The topological polar surface area (TPSA) is 49.7 Å². The van der Waals surface area contributed by atoms with Crippen molar-refractivity contribution in [3.05, 3.63) is 0 Å². The van der Waals surface area contributed by atoms with Gasteiger partial charge in [-0.15, -0.1) is 0 Å². The molecule has 1 aliphatic heterocycles. The lowest BCUT2D eigenvalue weighted by Crippen LogP contribution is -2.45. The molecule has 0 saturated carbocycles. The molecule has 3 heteroatoms. The van der Waals surface area contributed by atoms with Crippen molar-refractivity contribution >= 4 is 0 Å². The first-order chi connectivity index (χ1) is 6.19. The molecule has 1 fully saturated rings. The van der Waals surface area contributed by atoms with Gasteiger partial charge in [0.05, 0.1) is 18.8 Å². The molecule has 0 aromatic rings. The van der Waals surface area contributed by atoms with Gasteiger partial charge in [0, 0.05) is 0 Å². The smallest absolute Gasteiger partial charge is 0.107 e. The molecule has 0 amide bonds. The lowest BCUT2D eigenvalue weighted by Gasteiger charge is -2.37. The van der Waals surface area contributed by atoms with Gasteiger partial charge in [0.25, 0.3) is 0 Å². The van der Waals surface area contributed by atoms with Crippen molar-refractivity contribution < 1.29 is 14.9 Å². The Hall–Kier alpha value is -0.120. The predicted octanol–water partition coefficient (Wildman–Crippen LogP) is 0.933. The Morgan fingerprint density at radius 2 is 2.08 bits per heavy atom. The van der Waals surface area contributed by atoms with Crippen LogP contribution in [0.2, 0.25) is 0 Å². The lowest BCUT2D eigenvalue weighted by molar-refractivity contribution is -0.156. The van der Waals surface area contributed by atoms with E-state index in [4.69, 9.17) is 9.84 Å². The second-order valence-electron chi connectivity index (χ2n) is 3.96. The molecule has 1 aliphatic rings. The van der Waals surface area contributed by atoms with Crippen LogP contribution < -0.4 is 0 Å². The van der Waals surface area contributed by atoms with Crippen LogP contribution in [0.15, 0.2) is 0 Å². The van der Waals surface area contributed by atoms with Crippen LogP contribution in [0.4, 0.5) is 0 Å². The quantitative estimate of drug-likeness (QED) is 0.693. The maximum absolute atomic E-state index is 9.54. The average Bonchev–Trinajstić information content (AvgIpc) is 2.10. The molecule has 4 atom stereocenters. The van der Waals surface area contributed by atoms with Gasteiger partial charge in [-0.3, -0.25) is 0 Å². The summed E-state index contributed by atoms with van der Waals surface area (Å²) in [6, 6.07) is 0. The summed E-state index contributed by atoms with van der Waals surface area (Å²) >= 11 is 0. The summed E-state index contributed by atoms with van der Waals surface area (Å²) in [5.41, 5.74) is 0. The lowest BCUT2D eigenvalue weighted by atomic mass is 9.89. The van der Waals surface area contributed by atoms with Crippen LogP contribution in [0, 0.1) is 5.92 Å². The van der Waals surface area contributed by atoms with E-state index in [1.54, 1.807) is 0 Å². The zero-order valence-electron chi connectivity index (χ0n) is 8.44. The summed E-state index contributed by atoms with van der Waals surface area (Å²) in [5, 5.41) is 18.5. The van der Waals surface area contributed by atoms with E-state index >= 15 is 0 Å². The number of aliphatic hydroxyl groups is 2. The minimum Gasteiger partial charge on any atom is -0.394 e. The zero-order chi connectivity index (χ0) is 9.84. The number of hydrogen-bond acceptors (Lipinski definition) is 3. The molecule has 1 saturated heterocycles. The third-order valence-electron chi connectivity index (χ3n) is 2.78. The van der Waals surface area contributed by atoms with Crippen molar-refractivity contribution in [2.24, 2.45) is 5.92 Å². The van der Waals surface area contributed by atoms with E-state index in [0.29, 0.717) is 5.92 Å². The fourth-order valence-electron chi connectivity index (χ4n) is 1.94. The number of hydrogen-bond donors (Lipinski definition) is 2. The van der Waals surface area contributed by atoms with Crippen LogP contribution in [-0.4, -0.2) is 35.1 Å². The third-order valence-corrected chi connectivity index (χ3v) is 2.78. The zero-order valence-corrected chi connectivity index (χ0v) is 8.44. The van der Waals surface area contributed by atoms with E-state index in [1.807, 2.05) is 0 Å². The highest BCUT2D eigenvalue weighted by Gasteiger charge is 2.33. The van der Waals surface area contributed by atoms with Crippen molar-refractivity contribution in [3.63, 3.8) is 0 Å². The van der Waals surface area contributed by atoms with Crippen LogP contribution >= 0.6 is 0 Å². The molecule has 0 aromatic carbocycles. The number of ether oxygens (including phenoxy) is 1. The van der Waals surface area contributed by atoms with E-state index in [0.717, 1.165) is 19.3 Å². The maximum Gasteiger partial charge on any atom is 0.107 e. The van der Waals surface area contributed by atoms with Gasteiger partial charge in [0.15, 0.2) is 0 Å². The molecule has 0 bridgehead atoms. The molecular formula is C10H20O3. The summed E-state index contributed by atoms with van der Waals surface area (Å²) in [7, 11) is 0. The Kier molecular flexibility index (Phi) is 4.16. The van der Waals surface area contributed by atoms with Crippen LogP contribution in [0.3, 0.4) is 0 Å². The second kappa shape index (κ2) is 4.94. The fourth-order valence-corrected chi connectivity index (χ4v) is 1.94. The first-order valence-electron chi connectivity index (χ1n) is 5.13. The highest BCUT2D eigenvalue weighted by atomic mass is 16.5. The van der Waals surface area contributed by atoms with E-state index < -0.39 is 6.10 Å². The van der Waals surface area contributed by atoms with Crippen LogP contribution in [-0.2, 0) is 4.74 Å². The highest BCUT2D eigenvalue weighted by molar-refractivity contribution is 4.82. The molecule has 0 spiro atoms. The SMILES string of the molecule is CCC[C@@H]1O[C@H](CO)[C@@H](O)C[C@H]1C. The number of rotatable bonds is 3. The summed E-state index contributed by atoms with van der Waals surface area (Å²) in [5.74, 6) is 0.401. The van der Waals surface area contributed by atoms with Crippen molar-refractivity contribution in [2.45, 2.75) is 51.4 Å². The van der Waals surface area contributed by atoms with Gasteiger partial charge in [-0.25, -0.2) is 0 Å². The second-order valence-corrected chi connectivity index (χ2v) is 3.96.